The fraction of sp³-hybridized carbons (Fsp3) is 0.538. The molecule has 0 aromatic heterocycles. The van der Waals surface area contributed by atoms with Gasteiger partial charge in [-0.05, 0) is 43.0 Å². The lowest BCUT2D eigenvalue weighted by atomic mass is 9.86. The van der Waals surface area contributed by atoms with Crippen molar-refractivity contribution in [2.24, 2.45) is 5.92 Å². The summed E-state index contributed by atoms with van der Waals surface area (Å²) in [7, 11) is 0. The van der Waals surface area contributed by atoms with Crippen LogP contribution in [0.3, 0.4) is 0 Å². The van der Waals surface area contributed by atoms with E-state index in [1.54, 1.807) is 24.3 Å². The number of benzene rings is 1. The van der Waals surface area contributed by atoms with Crippen LogP contribution in [0.5, 0.6) is 11.5 Å². The van der Waals surface area contributed by atoms with Gasteiger partial charge < -0.3 is 14.6 Å². The molecule has 0 spiro atoms. The average molecular weight is 222 g/mol. The van der Waals surface area contributed by atoms with E-state index in [0.717, 1.165) is 18.3 Å². The lowest BCUT2D eigenvalue weighted by Gasteiger charge is -2.24. The maximum Gasteiger partial charge on any atom is 0.119 e. The Bertz CT molecular complexity index is 303. The number of hydrogen-bond donors (Lipinski definition) is 1. The smallest absolute Gasteiger partial charge is 0.119 e. The summed E-state index contributed by atoms with van der Waals surface area (Å²) < 4.78 is 11.0. The Morgan fingerprint density at radius 2 is 1.88 bits per heavy atom. The summed E-state index contributed by atoms with van der Waals surface area (Å²) in [6, 6.07) is 6.73. The van der Waals surface area contributed by atoms with Crippen LogP contribution >= 0.6 is 0 Å². The molecule has 1 aromatic rings. The van der Waals surface area contributed by atoms with Crippen LogP contribution in [0, 0.1) is 5.92 Å². The van der Waals surface area contributed by atoms with Crippen LogP contribution in [0.15, 0.2) is 24.3 Å². The van der Waals surface area contributed by atoms with Gasteiger partial charge >= 0.3 is 0 Å². The normalized spacial score (nSPS) is 15.8. The van der Waals surface area contributed by atoms with Gasteiger partial charge in [0, 0.05) is 6.61 Å². The van der Waals surface area contributed by atoms with Crippen molar-refractivity contribution in [3.8, 4) is 11.5 Å². The Kier molecular flexibility index (Phi) is 4.05. The van der Waals surface area contributed by atoms with Crippen molar-refractivity contribution in [1.82, 2.24) is 0 Å². The minimum atomic E-state index is 0.258. The minimum Gasteiger partial charge on any atom is -0.508 e. The summed E-state index contributed by atoms with van der Waals surface area (Å²) in [5.74, 6) is 1.81. The summed E-state index contributed by atoms with van der Waals surface area (Å²) >= 11 is 0. The molecule has 1 aromatic carbocycles. The van der Waals surface area contributed by atoms with Gasteiger partial charge in [0.15, 0.2) is 0 Å². The van der Waals surface area contributed by atoms with E-state index in [9.17, 15) is 0 Å². The highest BCUT2D eigenvalue weighted by molar-refractivity contribution is 5.29. The van der Waals surface area contributed by atoms with Crippen LogP contribution in [0.25, 0.3) is 0 Å². The van der Waals surface area contributed by atoms with Gasteiger partial charge in [0.2, 0.25) is 0 Å². The van der Waals surface area contributed by atoms with Crippen molar-refractivity contribution in [2.75, 3.05) is 19.8 Å². The largest absolute Gasteiger partial charge is 0.508 e. The Hall–Kier alpha value is -1.22. The highest BCUT2D eigenvalue weighted by atomic mass is 16.5. The van der Waals surface area contributed by atoms with Gasteiger partial charge in [-0.25, -0.2) is 0 Å². The van der Waals surface area contributed by atoms with Gasteiger partial charge in [-0.1, -0.05) is 6.42 Å². The van der Waals surface area contributed by atoms with Crippen LogP contribution in [-0.2, 0) is 4.74 Å². The van der Waals surface area contributed by atoms with Crippen LogP contribution in [0.2, 0.25) is 0 Å². The van der Waals surface area contributed by atoms with Crippen LogP contribution in [0.1, 0.15) is 19.3 Å². The van der Waals surface area contributed by atoms with Crippen molar-refractivity contribution < 1.29 is 14.6 Å². The van der Waals surface area contributed by atoms with Crippen LogP contribution in [0.4, 0.5) is 0 Å². The molecular formula is C13H18O3. The number of phenolic OH excluding ortho intramolecular Hbond substituents is 1. The van der Waals surface area contributed by atoms with E-state index in [1.807, 2.05) is 0 Å². The topological polar surface area (TPSA) is 38.7 Å². The molecule has 0 unspecified atom stereocenters. The van der Waals surface area contributed by atoms with Gasteiger partial charge in [0.05, 0.1) is 6.61 Å². The summed E-state index contributed by atoms with van der Waals surface area (Å²) in [6.07, 6.45) is 4.00. The molecule has 1 saturated carbocycles. The number of ether oxygens (including phenoxy) is 2. The Balaban J connectivity index is 1.55. The van der Waals surface area contributed by atoms with Gasteiger partial charge in [0.25, 0.3) is 0 Å². The maximum absolute atomic E-state index is 9.08. The average Bonchev–Trinajstić information content (AvgIpc) is 2.23. The predicted molar refractivity (Wildman–Crippen MR) is 61.8 cm³/mol. The quantitative estimate of drug-likeness (QED) is 0.752. The molecule has 1 fully saturated rings. The molecule has 3 heteroatoms. The second-order valence-corrected chi connectivity index (χ2v) is 4.21. The van der Waals surface area contributed by atoms with Crippen LogP contribution < -0.4 is 4.74 Å². The highest BCUT2D eigenvalue weighted by Crippen LogP contribution is 2.26. The van der Waals surface area contributed by atoms with E-state index in [2.05, 4.69) is 0 Å². The van der Waals surface area contributed by atoms with Crippen molar-refractivity contribution in [3.05, 3.63) is 24.3 Å². The van der Waals surface area contributed by atoms with Gasteiger partial charge in [-0.15, -0.1) is 0 Å². The van der Waals surface area contributed by atoms with Crippen LogP contribution in [-0.4, -0.2) is 24.9 Å². The zero-order valence-electron chi connectivity index (χ0n) is 9.39. The van der Waals surface area contributed by atoms with E-state index < -0.39 is 0 Å². The number of phenols is 1. The second-order valence-electron chi connectivity index (χ2n) is 4.21. The molecule has 1 aliphatic carbocycles. The third-order valence-electron chi connectivity index (χ3n) is 2.91. The first-order chi connectivity index (χ1) is 7.84. The molecule has 3 nitrogen and oxygen atoms in total. The molecule has 16 heavy (non-hydrogen) atoms. The predicted octanol–water partition coefficient (Wildman–Crippen LogP) is 2.59. The zero-order valence-corrected chi connectivity index (χ0v) is 9.39. The number of aromatic hydroxyl groups is 1. The fourth-order valence-electron chi connectivity index (χ4n) is 1.67. The van der Waals surface area contributed by atoms with Crippen molar-refractivity contribution >= 4 is 0 Å². The Labute approximate surface area is 96.0 Å². The first kappa shape index (κ1) is 11.3. The molecule has 1 aliphatic rings. The summed E-state index contributed by atoms with van der Waals surface area (Å²) in [6.45, 7) is 2.08. The molecule has 0 bridgehead atoms. The van der Waals surface area contributed by atoms with Gasteiger partial charge in [-0.3, -0.25) is 0 Å². The van der Waals surface area contributed by atoms with Crippen molar-refractivity contribution in [1.29, 1.82) is 0 Å². The van der Waals surface area contributed by atoms with E-state index in [0.29, 0.717) is 13.2 Å². The molecule has 0 radical (unpaired) electrons. The van der Waals surface area contributed by atoms with Crippen molar-refractivity contribution in [2.45, 2.75) is 19.3 Å². The van der Waals surface area contributed by atoms with E-state index >= 15 is 0 Å². The molecule has 1 N–H and O–H groups in total. The molecule has 2 rings (SSSR count). The zero-order chi connectivity index (χ0) is 11.2. The molecule has 0 heterocycles. The molecule has 0 atom stereocenters. The summed E-state index contributed by atoms with van der Waals surface area (Å²) in [4.78, 5) is 0. The summed E-state index contributed by atoms with van der Waals surface area (Å²) in [5.41, 5.74) is 0. The first-order valence-corrected chi connectivity index (χ1v) is 5.84. The molecule has 88 valence electrons. The molecule has 0 aliphatic heterocycles. The molecular weight excluding hydrogens is 204 g/mol. The second kappa shape index (κ2) is 5.75. The Morgan fingerprint density at radius 3 is 2.50 bits per heavy atom. The standard InChI is InChI=1S/C13H18O3/c14-12-4-6-13(7-5-12)16-9-8-15-10-11-2-1-3-11/h4-7,11,14H,1-3,8-10H2. The third kappa shape index (κ3) is 3.42. The Morgan fingerprint density at radius 1 is 1.12 bits per heavy atom. The number of rotatable bonds is 6. The van der Waals surface area contributed by atoms with Crippen molar-refractivity contribution in [3.63, 3.8) is 0 Å². The van der Waals surface area contributed by atoms with E-state index in [1.165, 1.54) is 19.3 Å². The van der Waals surface area contributed by atoms with Gasteiger partial charge in [0.1, 0.15) is 18.1 Å². The lowest BCUT2D eigenvalue weighted by Crippen LogP contribution is -2.19. The summed E-state index contributed by atoms with van der Waals surface area (Å²) in [5, 5.41) is 9.08. The van der Waals surface area contributed by atoms with E-state index in [-0.39, 0.29) is 5.75 Å². The first-order valence-electron chi connectivity index (χ1n) is 5.84. The SMILES string of the molecule is Oc1ccc(OCCOCC2CCC2)cc1. The molecule has 0 saturated heterocycles. The monoisotopic (exact) mass is 222 g/mol. The highest BCUT2D eigenvalue weighted by Gasteiger charge is 2.16. The maximum atomic E-state index is 9.08. The van der Waals surface area contributed by atoms with E-state index in [4.69, 9.17) is 14.6 Å². The third-order valence-corrected chi connectivity index (χ3v) is 2.91. The lowest BCUT2D eigenvalue weighted by molar-refractivity contribution is 0.0516. The van der Waals surface area contributed by atoms with Gasteiger partial charge in [-0.2, -0.15) is 0 Å². The minimum absolute atomic E-state index is 0.258. The number of hydrogen-bond acceptors (Lipinski definition) is 3. The molecule has 0 amide bonds. The fourth-order valence-corrected chi connectivity index (χ4v) is 1.67.